The largest absolute Gasteiger partial charge is 0.493 e. The number of para-hydroxylation sites is 1. The van der Waals surface area contributed by atoms with E-state index in [1.807, 2.05) is 30.3 Å². The highest BCUT2D eigenvalue weighted by atomic mass is 16.5. The van der Waals surface area contributed by atoms with Gasteiger partial charge >= 0.3 is 0 Å². The summed E-state index contributed by atoms with van der Waals surface area (Å²) in [7, 11) is 4.84. The van der Waals surface area contributed by atoms with Crippen LogP contribution in [0, 0.1) is 0 Å². The van der Waals surface area contributed by atoms with Crippen molar-refractivity contribution in [1.82, 2.24) is 25.1 Å². The molecule has 188 valence electrons. The Bertz CT molecular complexity index is 1230. The van der Waals surface area contributed by atoms with Crippen molar-refractivity contribution in [2.24, 2.45) is 0 Å². The van der Waals surface area contributed by atoms with Crippen molar-refractivity contribution in [3.63, 3.8) is 0 Å². The first-order chi connectivity index (χ1) is 17.7. The highest BCUT2D eigenvalue weighted by Crippen LogP contribution is 2.42. The van der Waals surface area contributed by atoms with Crippen LogP contribution in [0.4, 0.5) is 5.69 Å². The SMILES string of the molecule is COc1cc([C@@H](c2nnnn2Cc2ccco2)N2CCN(c3ccccc3)CC2)cc(OC)c1OC. The van der Waals surface area contributed by atoms with Gasteiger partial charge in [-0.25, -0.2) is 4.68 Å². The predicted octanol–water partition coefficient (Wildman–Crippen LogP) is 3.25. The first-order valence-electron chi connectivity index (χ1n) is 11.8. The van der Waals surface area contributed by atoms with E-state index in [2.05, 4.69) is 49.6 Å². The maximum absolute atomic E-state index is 5.66. The lowest BCUT2D eigenvalue weighted by atomic mass is 10.0. The van der Waals surface area contributed by atoms with E-state index in [1.165, 1.54) is 5.69 Å². The molecule has 0 spiro atoms. The third-order valence-electron chi connectivity index (χ3n) is 6.49. The summed E-state index contributed by atoms with van der Waals surface area (Å²) in [4.78, 5) is 4.79. The van der Waals surface area contributed by atoms with Crippen LogP contribution in [-0.2, 0) is 6.54 Å². The number of furan rings is 1. The highest BCUT2D eigenvalue weighted by Gasteiger charge is 2.32. The molecule has 0 radical (unpaired) electrons. The molecule has 2 aromatic heterocycles. The molecule has 1 aliphatic heterocycles. The molecule has 0 bridgehead atoms. The lowest BCUT2D eigenvalue weighted by molar-refractivity contribution is 0.200. The zero-order valence-corrected chi connectivity index (χ0v) is 20.7. The van der Waals surface area contributed by atoms with Gasteiger partial charge in [-0.2, -0.15) is 0 Å². The topological polar surface area (TPSA) is 90.9 Å². The van der Waals surface area contributed by atoms with E-state index in [9.17, 15) is 0 Å². The molecule has 0 amide bonds. The number of anilines is 1. The molecule has 1 fully saturated rings. The minimum atomic E-state index is -0.235. The number of rotatable bonds is 9. The Kier molecular flexibility index (Phi) is 7.03. The second kappa shape index (κ2) is 10.7. The normalized spacial score (nSPS) is 15.0. The minimum Gasteiger partial charge on any atom is -0.493 e. The van der Waals surface area contributed by atoms with Gasteiger partial charge in [0.2, 0.25) is 5.75 Å². The molecule has 0 aliphatic carbocycles. The molecule has 1 aliphatic rings. The van der Waals surface area contributed by atoms with Gasteiger partial charge in [-0.1, -0.05) is 18.2 Å². The van der Waals surface area contributed by atoms with Gasteiger partial charge in [0, 0.05) is 31.9 Å². The number of aromatic nitrogens is 4. The number of tetrazole rings is 1. The summed E-state index contributed by atoms with van der Waals surface area (Å²) < 4.78 is 24.2. The summed E-state index contributed by atoms with van der Waals surface area (Å²) in [6.45, 7) is 3.84. The van der Waals surface area contributed by atoms with Gasteiger partial charge in [0.05, 0.1) is 33.6 Å². The van der Waals surface area contributed by atoms with Crippen LogP contribution in [-0.4, -0.2) is 72.6 Å². The Balaban J connectivity index is 1.52. The summed E-state index contributed by atoms with van der Waals surface area (Å²) >= 11 is 0. The lowest BCUT2D eigenvalue weighted by Crippen LogP contribution is -2.48. The van der Waals surface area contributed by atoms with Gasteiger partial charge in [0.25, 0.3) is 0 Å². The number of hydrogen-bond acceptors (Lipinski definition) is 9. The van der Waals surface area contributed by atoms with Crippen LogP contribution in [0.3, 0.4) is 0 Å². The average molecular weight is 491 g/mol. The van der Waals surface area contributed by atoms with E-state index in [1.54, 1.807) is 32.3 Å². The van der Waals surface area contributed by atoms with Crippen molar-refractivity contribution in [3.05, 3.63) is 78.0 Å². The standard InChI is InChI=1S/C26H30N6O4/c1-33-22-16-19(17-23(34-2)25(22)35-3)24(26-27-28-29-32(26)18-21-10-7-15-36-21)31-13-11-30(12-14-31)20-8-5-4-6-9-20/h4-10,15-17,24H,11-14,18H2,1-3H3/t24-/m0/s1. The van der Waals surface area contributed by atoms with Gasteiger partial charge in [-0.15, -0.1) is 5.10 Å². The number of ether oxygens (including phenoxy) is 3. The Labute approximate surface area is 210 Å². The van der Waals surface area contributed by atoms with Gasteiger partial charge in [0.1, 0.15) is 12.3 Å². The van der Waals surface area contributed by atoms with Crippen LogP contribution >= 0.6 is 0 Å². The van der Waals surface area contributed by atoms with E-state index in [4.69, 9.17) is 18.6 Å². The molecule has 10 heteroatoms. The molecule has 10 nitrogen and oxygen atoms in total. The monoisotopic (exact) mass is 490 g/mol. The number of piperazine rings is 1. The van der Waals surface area contributed by atoms with Crippen molar-refractivity contribution in [2.75, 3.05) is 52.4 Å². The quantitative estimate of drug-likeness (QED) is 0.351. The van der Waals surface area contributed by atoms with Crippen molar-refractivity contribution >= 4 is 5.69 Å². The zero-order valence-electron chi connectivity index (χ0n) is 20.7. The van der Waals surface area contributed by atoms with Gasteiger partial charge < -0.3 is 23.5 Å². The van der Waals surface area contributed by atoms with E-state index in [0.717, 1.165) is 37.5 Å². The predicted molar refractivity (Wildman–Crippen MR) is 134 cm³/mol. The molecule has 1 saturated heterocycles. The first-order valence-corrected chi connectivity index (χ1v) is 11.8. The van der Waals surface area contributed by atoms with E-state index < -0.39 is 0 Å². The molecule has 0 saturated carbocycles. The van der Waals surface area contributed by atoms with E-state index in [0.29, 0.717) is 29.6 Å². The number of methoxy groups -OCH3 is 3. The van der Waals surface area contributed by atoms with E-state index in [-0.39, 0.29) is 6.04 Å². The average Bonchev–Trinajstić information content (AvgIpc) is 3.62. The molecule has 4 aromatic rings. The number of nitrogens with zero attached hydrogens (tertiary/aromatic N) is 6. The third kappa shape index (κ3) is 4.72. The maximum Gasteiger partial charge on any atom is 0.203 e. The minimum absolute atomic E-state index is 0.235. The Morgan fingerprint density at radius 3 is 2.22 bits per heavy atom. The number of hydrogen-bond donors (Lipinski definition) is 0. The van der Waals surface area contributed by atoms with Crippen molar-refractivity contribution in [2.45, 2.75) is 12.6 Å². The fourth-order valence-electron chi connectivity index (χ4n) is 4.73. The fourth-order valence-corrected chi connectivity index (χ4v) is 4.73. The summed E-state index contributed by atoms with van der Waals surface area (Å²) in [5.41, 5.74) is 2.18. The van der Waals surface area contributed by atoms with Crippen LogP contribution in [0.2, 0.25) is 0 Å². The van der Waals surface area contributed by atoms with Crippen LogP contribution < -0.4 is 19.1 Å². The molecule has 1 atom stereocenters. The van der Waals surface area contributed by atoms with E-state index >= 15 is 0 Å². The van der Waals surface area contributed by atoms with Crippen LogP contribution in [0.5, 0.6) is 17.2 Å². The number of benzene rings is 2. The molecular formula is C26H30N6O4. The second-order valence-corrected chi connectivity index (χ2v) is 8.49. The van der Waals surface area contributed by atoms with Crippen molar-refractivity contribution in [3.8, 4) is 17.2 Å². The second-order valence-electron chi connectivity index (χ2n) is 8.49. The highest BCUT2D eigenvalue weighted by molar-refractivity contribution is 5.55. The molecule has 0 N–H and O–H groups in total. The van der Waals surface area contributed by atoms with Gasteiger partial charge in [-0.05, 0) is 52.4 Å². The van der Waals surface area contributed by atoms with Crippen LogP contribution in [0.1, 0.15) is 23.2 Å². The summed E-state index contributed by atoms with van der Waals surface area (Å²) in [6.07, 6.45) is 1.65. The van der Waals surface area contributed by atoms with Crippen molar-refractivity contribution in [1.29, 1.82) is 0 Å². The molecule has 2 aromatic carbocycles. The van der Waals surface area contributed by atoms with Crippen LogP contribution in [0.15, 0.2) is 65.3 Å². The zero-order chi connectivity index (χ0) is 24.9. The lowest BCUT2D eigenvalue weighted by Gasteiger charge is -2.40. The van der Waals surface area contributed by atoms with Crippen LogP contribution in [0.25, 0.3) is 0 Å². The van der Waals surface area contributed by atoms with Gasteiger partial charge in [0.15, 0.2) is 17.3 Å². The Hall–Kier alpha value is -4.05. The Morgan fingerprint density at radius 2 is 1.61 bits per heavy atom. The smallest absolute Gasteiger partial charge is 0.203 e. The Morgan fingerprint density at radius 1 is 0.889 bits per heavy atom. The molecule has 36 heavy (non-hydrogen) atoms. The fraction of sp³-hybridized carbons (Fsp3) is 0.346. The maximum atomic E-state index is 5.66. The van der Waals surface area contributed by atoms with Crippen molar-refractivity contribution < 1.29 is 18.6 Å². The third-order valence-corrected chi connectivity index (χ3v) is 6.49. The molecular weight excluding hydrogens is 460 g/mol. The van der Waals surface area contributed by atoms with Gasteiger partial charge in [-0.3, -0.25) is 4.90 Å². The first kappa shape index (κ1) is 23.7. The summed E-state index contributed by atoms with van der Waals surface area (Å²) in [5, 5.41) is 12.8. The summed E-state index contributed by atoms with van der Waals surface area (Å²) in [5.74, 6) is 3.22. The molecule has 3 heterocycles. The molecule has 5 rings (SSSR count). The summed E-state index contributed by atoms with van der Waals surface area (Å²) in [6, 6.07) is 18.0. The molecule has 0 unspecified atom stereocenters.